The highest BCUT2D eigenvalue weighted by Crippen LogP contribution is 2.26. The van der Waals surface area contributed by atoms with Gasteiger partial charge < -0.3 is 10.5 Å². The molecule has 1 saturated carbocycles. The van der Waals surface area contributed by atoms with E-state index in [0.29, 0.717) is 17.9 Å². The summed E-state index contributed by atoms with van der Waals surface area (Å²) in [5.41, 5.74) is 7.60. The molecule has 0 aliphatic heterocycles. The van der Waals surface area contributed by atoms with Crippen LogP contribution in [0.15, 0.2) is 24.3 Å². The fraction of sp³-hybridized carbons (Fsp3) is 0.647. The Morgan fingerprint density at radius 2 is 1.84 bits per heavy atom. The average Bonchev–Trinajstić information content (AvgIpc) is 2.40. The highest BCUT2D eigenvalue weighted by molar-refractivity contribution is 5.27. The molecule has 2 nitrogen and oxygen atoms in total. The highest BCUT2D eigenvalue weighted by atomic mass is 16.5. The van der Waals surface area contributed by atoms with Gasteiger partial charge in [0.1, 0.15) is 5.75 Å². The quantitative estimate of drug-likeness (QED) is 0.875. The maximum Gasteiger partial charge on any atom is 0.119 e. The van der Waals surface area contributed by atoms with Crippen molar-refractivity contribution in [1.29, 1.82) is 0 Å². The van der Waals surface area contributed by atoms with Gasteiger partial charge in [-0.25, -0.2) is 0 Å². The SMILES string of the molecule is CC(C)COc1ccc(CC2CCCCC2N)cc1. The summed E-state index contributed by atoms with van der Waals surface area (Å²) in [5, 5.41) is 0. The van der Waals surface area contributed by atoms with Crippen molar-refractivity contribution in [2.75, 3.05) is 6.61 Å². The first-order valence-electron chi connectivity index (χ1n) is 7.62. The molecule has 0 spiro atoms. The molecular weight excluding hydrogens is 234 g/mol. The summed E-state index contributed by atoms with van der Waals surface area (Å²) >= 11 is 0. The van der Waals surface area contributed by atoms with Gasteiger partial charge in [-0.3, -0.25) is 0 Å². The summed E-state index contributed by atoms with van der Waals surface area (Å²) in [5.74, 6) is 2.21. The van der Waals surface area contributed by atoms with E-state index in [9.17, 15) is 0 Å². The summed E-state index contributed by atoms with van der Waals surface area (Å²) < 4.78 is 5.71. The van der Waals surface area contributed by atoms with E-state index in [1.807, 2.05) is 0 Å². The summed E-state index contributed by atoms with van der Waals surface area (Å²) in [6.45, 7) is 5.12. The second kappa shape index (κ2) is 6.95. The molecule has 0 radical (unpaired) electrons. The number of ether oxygens (including phenoxy) is 1. The summed E-state index contributed by atoms with van der Waals surface area (Å²) in [4.78, 5) is 0. The smallest absolute Gasteiger partial charge is 0.119 e. The van der Waals surface area contributed by atoms with Crippen LogP contribution in [0.4, 0.5) is 0 Å². The third-order valence-electron chi connectivity index (χ3n) is 3.97. The normalized spacial score (nSPS) is 23.6. The minimum absolute atomic E-state index is 0.394. The van der Waals surface area contributed by atoms with Crippen molar-refractivity contribution >= 4 is 0 Å². The molecule has 2 heteroatoms. The van der Waals surface area contributed by atoms with Crippen LogP contribution in [0.2, 0.25) is 0 Å². The zero-order valence-electron chi connectivity index (χ0n) is 12.3. The second-order valence-electron chi connectivity index (χ2n) is 6.26. The lowest BCUT2D eigenvalue weighted by molar-refractivity contribution is 0.271. The molecule has 0 aromatic heterocycles. The topological polar surface area (TPSA) is 35.2 Å². The molecule has 2 atom stereocenters. The molecule has 0 heterocycles. The van der Waals surface area contributed by atoms with Crippen LogP contribution in [0.1, 0.15) is 45.1 Å². The third-order valence-corrected chi connectivity index (χ3v) is 3.97. The average molecular weight is 261 g/mol. The zero-order valence-corrected chi connectivity index (χ0v) is 12.3. The van der Waals surface area contributed by atoms with Crippen molar-refractivity contribution in [3.63, 3.8) is 0 Å². The van der Waals surface area contributed by atoms with Crippen LogP contribution in [-0.4, -0.2) is 12.6 Å². The molecule has 19 heavy (non-hydrogen) atoms. The fourth-order valence-electron chi connectivity index (χ4n) is 2.78. The molecule has 1 fully saturated rings. The van der Waals surface area contributed by atoms with E-state index in [1.54, 1.807) is 0 Å². The van der Waals surface area contributed by atoms with Gasteiger partial charge in [-0.15, -0.1) is 0 Å². The molecule has 1 aromatic rings. The first-order chi connectivity index (χ1) is 9.15. The molecule has 2 N–H and O–H groups in total. The van der Waals surface area contributed by atoms with Crippen LogP contribution in [0.25, 0.3) is 0 Å². The number of nitrogens with two attached hydrogens (primary N) is 1. The Balaban J connectivity index is 1.87. The van der Waals surface area contributed by atoms with Gasteiger partial charge in [0, 0.05) is 6.04 Å². The summed E-state index contributed by atoms with van der Waals surface area (Å²) in [6, 6.07) is 8.96. The molecule has 0 amide bonds. The van der Waals surface area contributed by atoms with Gasteiger partial charge >= 0.3 is 0 Å². The van der Waals surface area contributed by atoms with Crippen LogP contribution in [0.3, 0.4) is 0 Å². The predicted octanol–water partition coefficient (Wildman–Crippen LogP) is 3.78. The molecule has 1 aromatic carbocycles. The second-order valence-corrected chi connectivity index (χ2v) is 6.26. The maximum atomic E-state index is 6.21. The van der Waals surface area contributed by atoms with Crippen molar-refractivity contribution in [2.45, 2.75) is 52.0 Å². The lowest BCUT2D eigenvalue weighted by Crippen LogP contribution is -2.34. The van der Waals surface area contributed by atoms with Gasteiger partial charge in [-0.05, 0) is 48.8 Å². The molecule has 2 rings (SSSR count). The van der Waals surface area contributed by atoms with E-state index in [-0.39, 0.29) is 0 Å². The molecule has 0 bridgehead atoms. The first kappa shape index (κ1) is 14.4. The van der Waals surface area contributed by atoms with Crippen molar-refractivity contribution in [3.05, 3.63) is 29.8 Å². The Morgan fingerprint density at radius 3 is 2.47 bits per heavy atom. The molecular formula is C17H27NO. The number of benzene rings is 1. The zero-order chi connectivity index (χ0) is 13.7. The monoisotopic (exact) mass is 261 g/mol. The highest BCUT2D eigenvalue weighted by Gasteiger charge is 2.21. The maximum absolute atomic E-state index is 6.21. The van der Waals surface area contributed by atoms with E-state index in [1.165, 1.54) is 31.2 Å². The fourth-order valence-corrected chi connectivity index (χ4v) is 2.78. The van der Waals surface area contributed by atoms with Crippen molar-refractivity contribution in [1.82, 2.24) is 0 Å². The lowest BCUT2D eigenvalue weighted by atomic mass is 9.81. The minimum Gasteiger partial charge on any atom is -0.493 e. The van der Waals surface area contributed by atoms with Crippen molar-refractivity contribution < 1.29 is 4.74 Å². The van der Waals surface area contributed by atoms with Crippen molar-refractivity contribution in [2.24, 2.45) is 17.6 Å². The Kier molecular flexibility index (Phi) is 5.26. The number of rotatable bonds is 5. The van der Waals surface area contributed by atoms with E-state index in [0.717, 1.165) is 18.8 Å². The third kappa shape index (κ3) is 4.54. The van der Waals surface area contributed by atoms with Gasteiger partial charge in [0.2, 0.25) is 0 Å². The number of hydrogen-bond acceptors (Lipinski definition) is 2. The molecule has 1 aliphatic rings. The van der Waals surface area contributed by atoms with Crippen LogP contribution in [0, 0.1) is 11.8 Å². The van der Waals surface area contributed by atoms with Gasteiger partial charge in [-0.2, -0.15) is 0 Å². The van der Waals surface area contributed by atoms with E-state index in [2.05, 4.69) is 38.1 Å². The largest absolute Gasteiger partial charge is 0.493 e. The molecule has 2 unspecified atom stereocenters. The van der Waals surface area contributed by atoms with Crippen molar-refractivity contribution in [3.8, 4) is 5.75 Å². The van der Waals surface area contributed by atoms with E-state index >= 15 is 0 Å². The number of hydrogen-bond donors (Lipinski definition) is 1. The van der Waals surface area contributed by atoms with Gasteiger partial charge in [0.25, 0.3) is 0 Å². The summed E-state index contributed by atoms with van der Waals surface area (Å²) in [6.07, 6.45) is 6.24. The van der Waals surface area contributed by atoms with E-state index in [4.69, 9.17) is 10.5 Å². The van der Waals surface area contributed by atoms with Crippen LogP contribution in [0.5, 0.6) is 5.75 Å². The Morgan fingerprint density at radius 1 is 1.16 bits per heavy atom. The lowest BCUT2D eigenvalue weighted by Gasteiger charge is -2.28. The van der Waals surface area contributed by atoms with Gasteiger partial charge in [-0.1, -0.05) is 38.8 Å². The van der Waals surface area contributed by atoms with Gasteiger partial charge in [0.15, 0.2) is 0 Å². The van der Waals surface area contributed by atoms with Crippen LogP contribution < -0.4 is 10.5 Å². The first-order valence-corrected chi connectivity index (χ1v) is 7.62. The summed E-state index contributed by atoms with van der Waals surface area (Å²) in [7, 11) is 0. The standard InChI is InChI=1S/C17H27NO/c1-13(2)12-19-16-9-7-14(8-10-16)11-15-5-3-4-6-17(15)18/h7-10,13,15,17H,3-6,11-12,18H2,1-2H3. The predicted molar refractivity (Wildman–Crippen MR) is 80.4 cm³/mol. The Labute approximate surface area is 117 Å². The Hall–Kier alpha value is -1.02. The molecule has 1 aliphatic carbocycles. The Bertz CT molecular complexity index is 371. The minimum atomic E-state index is 0.394. The molecule has 0 saturated heterocycles. The molecule has 106 valence electrons. The van der Waals surface area contributed by atoms with Crippen LogP contribution >= 0.6 is 0 Å². The van der Waals surface area contributed by atoms with Gasteiger partial charge in [0.05, 0.1) is 6.61 Å². The van der Waals surface area contributed by atoms with E-state index < -0.39 is 0 Å². The van der Waals surface area contributed by atoms with Crippen LogP contribution in [-0.2, 0) is 6.42 Å².